The van der Waals surface area contributed by atoms with Gasteiger partial charge in [0.1, 0.15) is 17.2 Å². The Kier molecular flexibility index (Phi) is 5.07. The molecular weight excluding hydrogens is 266 g/mol. The lowest BCUT2D eigenvalue weighted by molar-refractivity contribution is 0.0534. The summed E-state index contributed by atoms with van der Waals surface area (Å²) in [7, 11) is 0. The minimum atomic E-state index is -0.754. The predicted molar refractivity (Wildman–Crippen MR) is 74.0 cm³/mol. The van der Waals surface area contributed by atoms with Gasteiger partial charge in [0, 0.05) is 17.8 Å². The number of carbonyl (C=O) groups excluding carboxylic acids is 1. The van der Waals surface area contributed by atoms with Gasteiger partial charge in [0.15, 0.2) is 0 Å². The van der Waals surface area contributed by atoms with Gasteiger partial charge in [-0.25, -0.2) is 13.6 Å². The lowest BCUT2D eigenvalue weighted by atomic mass is 10.1. The highest BCUT2D eigenvalue weighted by atomic mass is 19.1. The summed E-state index contributed by atoms with van der Waals surface area (Å²) in [5, 5.41) is 2.44. The van der Waals surface area contributed by atoms with Gasteiger partial charge >= 0.3 is 6.09 Å². The Morgan fingerprint density at radius 3 is 2.40 bits per heavy atom. The normalized spacial score (nSPS) is 11.7. The quantitative estimate of drug-likeness (QED) is 0.838. The highest BCUT2D eigenvalue weighted by Crippen LogP contribution is 2.17. The fraction of sp³-hybridized carbons (Fsp3) is 0.357. The van der Waals surface area contributed by atoms with Crippen molar-refractivity contribution in [2.24, 2.45) is 0 Å². The zero-order chi connectivity index (χ0) is 15.3. The van der Waals surface area contributed by atoms with Crippen molar-refractivity contribution >= 4 is 17.9 Å². The molecule has 0 atom stereocenters. The molecule has 0 aliphatic heterocycles. The first kappa shape index (κ1) is 15.9. The zero-order valence-corrected chi connectivity index (χ0v) is 11.7. The molecule has 3 N–H and O–H groups in total. The van der Waals surface area contributed by atoms with Crippen LogP contribution in [-0.4, -0.2) is 18.2 Å². The molecule has 0 aliphatic rings. The van der Waals surface area contributed by atoms with E-state index in [2.05, 4.69) is 5.32 Å². The molecule has 0 heterocycles. The molecule has 0 aliphatic carbocycles. The third-order valence-corrected chi connectivity index (χ3v) is 2.15. The Balaban J connectivity index is 2.56. The summed E-state index contributed by atoms with van der Waals surface area (Å²) in [5.74, 6) is -1.51. The molecule has 0 unspecified atom stereocenters. The Morgan fingerprint density at radius 1 is 1.35 bits per heavy atom. The van der Waals surface area contributed by atoms with Gasteiger partial charge in [0.2, 0.25) is 0 Å². The number of benzene rings is 1. The van der Waals surface area contributed by atoms with Gasteiger partial charge < -0.3 is 15.8 Å². The lowest BCUT2D eigenvalue weighted by Gasteiger charge is -2.19. The molecule has 20 heavy (non-hydrogen) atoms. The minimum Gasteiger partial charge on any atom is -0.444 e. The molecule has 1 aromatic carbocycles. The summed E-state index contributed by atoms with van der Waals surface area (Å²) < 4.78 is 31.9. The van der Waals surface area contributed by atoms with Crippen molar-refractivity contribution in [3.63, 3.8) is 0 Å². The number of ether oxygens (including phenoxy) is 1. The average Bonchev–Trinajstić information content (AvgIpc) is 2.23. The van der Waals surface area contributed by atoms with Gasteiger partial charge in [-0.15, -0.1) is 0 Å². The largest absolute Gasteiger partial charge is 0.444 e. The van der Waals surface area contributed by atoms with E-state index in [0.717, 1.165) is 12.1 Å². The van der Waals surface area contributed by atoms with E-state index in [9.17, 15) is 13.6 Å². The molecule has 0 saturated heterocycles. The number of alkyl carbamates (subject to hydrolysis) is 1. The van der Waals surface area contributed by atoms with E-state index in [1.807, 2.05) is 0 Å². The third kappa shape index (κ3) is 5.26. The van der Waals surface area contributed by atoms with Crippen LogP contribution in [0.15, 0.2) is 18.2 Å². The van der Waals surface area contributed by atoms with E-state index in [0.29, 0.717) is 0 Å². The number of nitrogens with one attached hydrogen (secondary N) is 1. The minimum absolute atomic E-state index is 0.0176. The SMILES string of the molecule is CC(C)(C)OC(=O)NCC=Cc1c(F)cc(N)cc1F. The van der Waals surface area contributed by atoms with Crippen LogP contribution >= 0.6 is 0 Å². The molecule has 4 nitrogen and oxygen atoms in total. The molecule has 110 valence electrons. The van der Waals surface area contributed by atoms with E-state index in [4.69, 9.17) is 10.5 Å². The maximum atomic E-state index is 13.4. The van der Waals surface area contributed by atoms with Crippen LogP contribution in [0.1, 0.15) is 26.3 Å². The standard InChI is InChI=1S/C14H18F2N2O2/c1-14(2,3)20-13(19)18-6-4-5-10-11(15)7-9(17)8-12(10)16/h4-5,7-8H,6,17H2,1-3H3,(H,18,19). The van der Waals surface area contributed by atoms with Crippen molar-refractivity contribution in [3.05, 3.63) is 35.4 Å². The first-order chi connectivity index (χ1) is 9.19. The Morgan fingerprint density at radius 2 is 1.90 bits per heavy atom. The molecule has 1 aromatic rings. The molecule has 0 bridgehead atoms. The molecule has 1 rings (SSSR count). The number of hydrogen-bond acceptors (Lipinski definition) is 3. The highest BCUT2D eigenvalue weighted by molar-refractivity contribution is 5.68. The summed E-state index contributed by atoms with van der Waals surface area (Å²) in [6.45, 7) is 5.31. The lowest BCUT2D eigenvalue weighted by Crippen LogP contribution is -2.32. The fourth-order valence-electron chi connectivity index (χ4n) is 1.40. The van der Waals surface area contributed by atoms with E-state index >= 15 is 0 Å². The van der Waals surface area contributed by atoms with E-state index in [1.165, 1.54) is 12.2 Å². The Hall–Kier alpha value is -2.11. The average molecular weight is 284 g/mol. The number of carbonyl (C=O) groups is 1. The number of hydrogen-bond donors (Lipinski definition) is 2. The second-order valence-corrected chi connectivity index (χ2v) is 5.18. The molecule has 0 spiro atoms. The molecule has 0 saturated carbocycles. The Bertz CT molecular complexity index is 499. The van der Waals surface area contributed by atoms with Crippen LogP contribution in [0.5, 0.6) is 0 Å². The maximum Gasteiger partial charge on any atom is 0.407 e. The van der Waals surface area contributed by atoms with E-state index in [-0.39, 0.29) is 17.8 Å². The number of anilines is 1. The van der Waals surface area contributed by atoms with Crippen LogP contribution in [0, 0.1) is 11.6 Å². The van der Waals surface area contributed by atoms with Gasteiger partial charge in [0.25, 0.3) is 0 Å². The van der Waals surface area contributed by atoms with Gasteiger partial charge in [-0.2, -0.15) is 0 Å². The summed E-state index contributed by atoms with van der Waals surface area (Å²) >= 11 is 0. The summed E-state index contributed by atoms with van der Waals surface area (Å²) in [6, 6.07) is 2.06. The summed E-state index contributed by atoms with van der Waals surface area (Å²) in [4.78, 5) is 11.3. The highest BCUT2D eigenvalue weighted by Gasteiger charge is 2.15. The number of nitrogen functional groups attached to an aromatic ring is 1. The maximum absolute atomic E-state index is 13.4. The van der Waals surface area contributed by atoms with Crippen LogP contribution in [0.4, 0.5) is 19.3 Å². The van der Waals surface area contributed by atoms with Gasteiger partial charge in [-0.1, -0.05) is 12.2 Å². The number of halogens is 2. The van der Waals surface area contributed by atoms with Crippen molar-refractivity contribution in [1.82, 2.24) is 5.32 Å². The van der Waals surface area contributed by atoms with Crippen molar-refractivity contribution in [1.29, 1.82) is 0 Å². The Labute approximate surface area is 116 Å². The van der Waals surface area contributed by atoms with Crippen molar-refractivity contribution < 1.29 is 18.3 Å². The summed E-state index contributed by atoms with van der Waals surface area (Å²) in [6.07, 6.45) is 2.06. The predicted octanol–water partition coefficient (Wildman–Crippen LogP) is 3.08. The molecule has 1 amide bonds. The van der Waals surface area contributed by atoms with Crippen LogP contribution < -0.4 is 11.1 Å². The van der Waals surface area contributed by atoms with Crippen LogP contribution in [0.2, 0.25) is 0 Å². The third-order valence-electron chi connectivity index (χ3n) is 2.15. The van der Waals surface area contributed by atoms with E-state index in [1.54, 1.807) is 20.8 Å². The number of amides is 1. The first-order valence-electron chi connectivity index (χ1n) is 6.07. The second kappa shape index (κ2) is 6.36. The van der Waals surface area contributed by atoms with Gasteiger partial charge in [-0.05, 0) is 32.9 Å². The topological polar surface area (TPSA) is 64.3 Å². The number of nitrogens with two attached hydrogens (primary N) is 1. The molecule has 0 aromatic heterocycles. The van der Waals surface area contributed by atoms with Crippen molar-refractivity contribution in [3.8, 4) is 0 Å². The number of rotatable bonds is 3. The fourth-order valence-corrected chi connectivity index (χ4v) is 1.40. The monoisotopic (exact) mass is 284 g/mol. The molecule has 0 fully saturated rings. The van der Waals surface area contributed by atoms with Crippen LogP contribution in [0.25, 0.3) is 6.08 Å². The second-order valence-electron chi connectivity index (χ2n) is 5.18. The van der Waals surface area contributed by atoms with E-state index < -0.39 is 23.3 Å². The smallest absolute Gasteiger partial charge is 0.407 e. The molecule has 0 radical (unpaired) electrons. The zero-order valence-electron chi connectivity index (χ0n) is 11.7. The van der Waals surface area contributed by atoms with Crippen LogP contribution in [-0.2, 0) is 4.74 Å². The first-order valence-corrected chi connectivity index (χ1v) is 6.07. The van der Waals surface area contributed by atoms with Crippen LogP contribution in [0.3, 0.4) is 0 Å². The van der Waals surface area contributed by atoms with Gasteiger partial charge in [-0.3, -0.25) is 0 Å². The van der Waals surface area contributed by atoms with Crippen molar-refractivity contribution in [2.45, 2.75) is 26.4 Å². The summed E-state index contributed by atoms with van der Waals surface area (Å²) in [5.41, 5.74) is 4.52. The van der Waals surface area contributed by atoms with Crippen molar-refractivity contribution in [2.75, 3.05) is 12.3 Å². The molecule has 6 heteroatoms. The molecular formula is C14H18F2N2O2. The van der Waals surface area contributed by atoms with Gasteiger partial charge in [0.05, 0.1) is 0 Å².